The van der Waals surface area contributed by atoms with Crippen molar-refractivity contribution in [2.24, 2.45) is 7.05 Å². The number of hydrogen-bond acceptors (Lipinski definition) is 7. The highest BCUT2D eigenvalue weighted by Crippen LogP contribution is 2.42. The summed E-state index contributed by atoms with van der Waals surface area (Å²) in [6, 6.07) is 15.2. The summed E-state index contributed by atoms with van der Waals surface area (Å²) in [6.07, 6.45) is 3.69. The summed E-state index contributed by atoms with van der Waals surface area (Å²) in [5, 5.41) is 15.5. The number of nitrogens with zero attached hydrogens (tertiary/aromatic N) is 5. The number of ether oxygens (including phenoxy) is 3. The van der Waals surface area contributed by atoms with Crippen molar-refractivity contribution in [1.82, 2.24) is 29.8 Å². The second-order valence-electron chi connectivity index (χ2n) is 10.1. The minimum atomic E-state index is -0.300. The number of anilines is 1. The lowest BCUT2D eigenvalue weighted by molar-refractivity contribution is 0.159. The van der Waals surface area contributed by atoms with Crippen LogP contribution in [-0.4, -0.2) is 76.7 Å². The van der Waals surface area contributed by atoms with E-state index >= 15 is 0 Å². The lowest BCUT2D eigenvalue weighted by atomic mass is 9.93. The van der Waals surface area contributed by atoms with Crippen molar-refractivity contribution in [2.75, 3.05) is 45.5 Å². The van der Waals surface area contributed by atoms with Gasteiger partial charge in [0.25, 0.3) is 0 Å². The molecule has 0 spiro atoms. The number of carbonyl (C=O) groups excluding carboxylic acids is 1. The van der Waals surface area contributed by atoms with Crippen LogP contribution in [0.2, 0.25) is 0 Å². The summed E-state index contributed by atoms with van der Waals surface area (Å²) < 4.78 is 20.3. The molecule has 0 bridgehead atoms. The van der Waals surface area contributed by atoms with Crippen LogP contribution in [0.4, 0.5) is 10.6 Å². The van der Waals surface area contributed by atoms with E-state index in [2.05, 4.69) is 26.7 Å². The molecule has 0 radical (unpaired) electrons. The molecule has 2 aliphatic heterocycles. The topological polar surface area (TPSA) is 108 Å². The van der Waals surface area contributed by atoms with Crippen LogP contribution >= 0.6 is 0 Å². The summed E-state index contributed by atoms with van der Waals surface area (Å²) in [6.45, 7) is 5.00. The van der Waals surface area contributed by atoms with Gasteiger partial charge in [0.05, 0.1) is 24.5 Å². The molecule has 2 amide bonds. The van der Waals surface area contributed by atoms with E-state index < -0.39 is 0 Å². The third-order valence-electron chi connectivity index (χ3n) is 7.48. The molecule has 0 unspecified atom stereocenters. The zero-order valence-electron chi connectivity index (χ0n) is 22.8. The third-order valence-corrected chi connectivity index (χ3v) is 7.48. The number of urea groups is 1. The maximum Gasteiger partial charge on any atom is 0.320 e. The standard InChI is InChI=1S/C29H33N7O4/c1-19-26(20-14-30-34(2)15-20)33-36(21-8-5-4-6-9-21)28(19)32-29(37)31-24-17-35(12-13-38-3)16-23(24)22-10-7-11-25-27(22)40-18-39-25/h4-11,14-15,23-24H,12-13,16-18H2,1-3H3,(H2,31,32,37)/t23-,24+/m0/s1. The first-order valence-corrected chi connectivity index (χ1v) is 13.3. The van der Waals surface area contributed by atoms with Crippen LogP contribution in [0.1, 0.15) is 17.0 Å². The highest BCUT2D eigenvalue weighted by atomic mass is 16.7. The Morgan fingerprint density at radius 1 is 1.12 bits per heavy atom. The van der Waals surface area contributed by atoms with E-state index in [9.17, 15) is 4.79 Å². The van der Waals surface area contributed by atoms with Crippen LogP contribution in [0.25, 0.3) is 16.9 Å². The van der Waals surface area contributed by atoms with Gasteiger partial charge in [-0.2, -0.15) is 10.2 Å². The molecule has 2 aromatic heterocycles. The Morgan fingerprint density at radius 2 is 1.98 bits per heavy atom. The molecular weight excluding hydrogens is 510 g/mol. The minimum Gasteiger partial charge on any atom is -0.454 e. The fourth-order valence-corrected chi connectivity index (χ4v) is 5.52. The van der Waals surface area contributed by atoms with Gasteiger partial charge >= 0.3 is 6.03 Å². The van der Waals surface area contributed by atoms with Crippen molar-refractivity contribution in [3.63, 3.8) is 0 Å². The predicted octanol–water partition coefficient (Wildman–Crippen LogP) is 3.55. The fraction of sp³-hybridized carbons (Fsp3) is 0.345. The van der Waals surface area contributed by atoms with Crippen LogP contribution in [0.5, 0.6) is 11.5 Å². The van der Waals surface area contributed by atoms with Gasteiger partial charge in [0.2, 0.25) is 6.79 Å². The molecule has 4 aromatic rings. The summed E-state index contributed by atoms with van der Waals surface area (Å²) in [5.41, 5.74) is 4.36. The first kappa shape index (κ1) is 25.9. The largest absolute Gasteiger partial charge is 0.454 e. The molecule has 2 N–H and O–H groups in total. The minimum absolute atomic E-state index is 0.0188. The zero-order valence-corrected chi connectivity index (χ0v) is 22.8. The van der Waals surface area contributed by atoms with Gasteiger partial charge in [-0.15, -0.1) is 0 Å². The van der Waals surface area contributed by atoms with Gasteiger partial charge in [-0.05, 0) is 25.1 Å². The van der Waals surface area contributed by atoms with Crippen LogP contribution in [0.15, 0.2) is 60.9 Å². The molecule has 0 saturated carbocycles. The van der Waals surface area contributed by atoms with Crippen molar-refractivity contribution in [1.29, 1.82) is 0 Å². The van der Waals surface area contributed by atoms with Crippen LogP contribution in [0, 0.1) is 6.92 Å². The van der Waals surface area contributed by atoms with Crippen LogP contribution < -0.4 is 20.1 Å². The molecule has 1 fully saturated rings. The first-order valence-electron chi connectivity index (χ1n) is 13.3. The average molecular weight is 544 g/mol. The maximum atomic E-state index is 13.6. The SMILES string of the molecule is COCCN1C[C@@H](NC(=O)Nc2c(C)c(-c3cnn(C)c3)nn2-c2ccccc2)[C@H](c2cccc3c2OCO3)C1. The lowest BCUT2D eigenvalue weighted by Crippen LogP contribution is -2.42. The predicted molar refractivity (Wildman–Crippen MR) is 150 cm³/mol. The van der Waals surface area contributed by atoms with E-state index in [1.54, 1.807) is 22.7 Å². The Labute approximate surface area is 232 Å². The Hall–Kier alpha value is -4.35. The summed E-state index contributed by atoms with van der Waals surface area (Å²) in [4.78, 5) is 15.9. The molecular formula is C29H33N7O4. The normalized spacial score (nSPS) is 18.3. The number of benzene rings is 2. The number of hydrogen-bond donors (Lipinski definition) is 2. The number of aromatic nitrogens is 4. The van der Waals surface area contributed by atoms with Crippen molar-refractivity contribution in [3.05, 3.63) is 72.1 Å². The van der Waals surface area contributed by atoms with Crippen LogP contribution in [-0.2, 0) is 11.8 Å². The maximum absolute atomic E-state index is 13.6. The first-order chi connectivity index (χ1) is 19.5. The van der Waals surface area contributed by atoms with Crippen LogP contribution in [0.3, 0.4) is 0 Å². The molecule has 0 aliphatic carbocycles. The average Bonchev–Trinajstić information content (AvgIpc) is 3.75. The number of carbonyl (C=O) groups is 1. The highest BCUT2D eigenvalue weighted by Gasteiger charge is 2.38. The van der Waals surface area contributed by atoms with E-state index in [1.165, 1.54) is 0 Å². The number of nitrogens with one attached hydrogen (secondary N) is 2. The Kier molecular flexibility index (Phi) is 7.14. The molecule has 6 rings (SSSR count). The number of para-hydroxylation sites is 2. The van der Waals surface area contributed by atoms with E-state index in [0.717, 1.165) is 52.7 Å². The number of fused-ring (bicyclic) bond motifs is 1. The Bertz CT molecular complexity index is 1500. The molecule has 4 heterocycles. The number of amides is 2. The highest BCUT2D eigenvalue weighted by molar-refractivity contribution is 5.91. The third kappa shape index (κ3) is 5.01. The Balaban J connectivity index is 1.28. The number of rotatable bonds is 8. The van der Waals surface area contributed by atoms with Gasteiger partial charge in [0.1, 0.15) is 11.5 Å². The van der Waals surface area contributed by atoms with Crippen molar-refractivity contribution >= 4 is 11.8 Å². The van der Waals surface area contributed by atoms with E-state index in [-0.39, 0.29) is 24.8 Å². The molecule has 2 aromatic carbocycles. The fourth-order valence-electron chi connectivity index (χ4n) is 5.52. The molecule has 11 heteroatoms. The summed E-state index contributed by atoms with van der Waals surface area (Å²) in [5.74, 6) is 2.12. The monoisotopic (exact) mass is 543 g/mol. The number of methoxy groups -OCH3 is 1. The van der Waals surface area contributed by atoms with Crippen molar-refractivity contribution in [2.45, 2.75) is 18.9 Å². The number of likely N-dealkylation sites (tertiary alicyclic amines) is 1. The second kappa shape index (κ2) is 11.0. The molecule has 208 valence electrons. The zero-order chi connectivity index (χ0) is 27.6. The van der Waals surface area contributed by atoms with Gasteiger partial charge in [-0.25, -0.2) is 9.48 Å². The van der Waals surface area contributed by atoms with E-state index in [0.29, 0.717) is 19.0 Å². The van der Waals surface area contributed by atoms with Gasteiger partial charge in [-0.3, -0.25) is 14.9 Å². The smallest absolute Gasteiger partial charge is 0.320 e. The summed E-state index contributed by atoms with van der Waals surface area (Å²) >= 11 is 0. The lowest BCUT2D eigenvalue weighted by Gasteiger charge is -2.22. The quantitative estimate of drug-likeness (QED) is 0.350. The molecule has 1 saturated heterocycles. The van der Waals surface area contributed by atoms with Crippen molar-refractivity contribution < 1.29 is 19.0 Å². The molecule has 11 nitrogen and oxygen atoms in total. The number of aryl methyl sites for hydroxylation is 1. The van der Waals surface area contributed by atoms with Crippen molar-refractivity contribution in [3.8, 4) is 28.4 Å². The van der Waals surface area contributed by atoms with E-state index in [1.807, 2.05) is 62.6 Å². The second-order valence-corrected chi connectivity index (χ2v) is 10.1. The molecule has 2 aliphatic rings. The van der Waals surface area contributed by atoms with Gasteiger partial charge in [0.15, 0.2) is 11.5 Å². The van der Waals surface area contributed by atoms with Gasteiger partial charge in [-0.1, -0.05) is 30.3 Å². The molecule has 2 atom stereocenters. The van der Waals surface area contributed by atoms with Gasteiger partial charge in [0, 0.05) is 62.6 Å². The van der Waals surface area contributed by atoms with Gasteiger partial charge < -0.3 is 19.5 Å². The summed E-state index contributed by atoms with van der Waals surface area (Å²) in [7, 11) is 3.57. The molecule has 40 heavy (non-hydrogen) atoms. The Morgan fingerprint density at radius 3 is 2.75 bits per heavy atom. The van der Waals surface area contributed by atoms with E-state index in [4.69, 9.17) is 19.3 Å².